The minimum Gasteiger partial charge on any atom is -0.399 e. The number of nitrogens with zero attached hydrogens (tertiary/aromatic N) is 4. The lowest BCUT2D eigenvalue weighted by Crippen LogP contribution is -2.31. The molecular formula is C25H21Cl2N5. The molecule has 3 heterocycles. The molecule has 0 atom stereocenters. The number of aromatic nitrogens is 3. The van der Waals surface area contributed by atoms with Crippen molar-refractivity contribution in [2.75, 3.05) is 12.3 Å². The predicted molar refractivity (Wildman–Crippen MR) is 129 cm³/mol. The summed E-state index contributed by atoms with van der Waals surface area (Å²) in [4.78, 5) is 16.4. The predicted octanol–water partition coefficient (Wildman–Crippen LogP) is 5.65. The van der Waals surface area contributed by atoms with Crippen LogP contribution in [0.5, 0.6) is 0 Å². The first kappa shape index (κ1) is 20.9. The van der Waals surface area contributed by atoms with Gasteiger partial charge in [0.1, 0.15) is 0 Å². The molecule has 0 saturated carbocycles. The Hall–Kier alpha value is -2.99. The maximum absolute atomic E-state index is 6.33. The SMILES string of the molecule is Nc1ccc(-c2ncc3c(n2)CCN(Cc2ccc(-c4cccc(Cl)c4Cl)nc2)C3)cc1. The molecule has 0 aliphatic carbocycles. The van der Waals surface area contributed by atoms with Crippen LogP contribution in [0.4, 0.5) is 5.69 Å². The van der Waals surface area contributed by atoms with Crippen LogP contribution in [0.25, 0.3) is 22.6 Å². The second kappa shape index (κ2) is 8.87. The van der Waals surface area contributed by atoms with Crippen molar-refractivity contribution in [3.05, 3.63) is 93.9 Å². The van der Waals surface area contributed by atoms with Crippen LogP contribution in [-0.2, 0) is 19.5 Å². The summed E-state index contributed by atoms with van der Waals surface area (Å²) in [5.74, 6) is 0.747. The highest BCUT2D eigenvalue weighted by Gasteiger charge is 2.19. The minimum absolute atomic E-state index is 0.528. The zero-order valence-electron chi connectivity index (χ0n) is 17.3. The van der Waals surface area contributed by atoms with Gasteiger partial charge in [0, 0.05) is 60.8 Å². The highest BCUT2D eigenvalue weighted by Crippen LogP contribution is 2.32. The molecule has 1 aliphatic rings. The average molecular weight is 462 g/mol. The Morgan fingerprint density at radius 2 is 1.78 bits per heavy atom. The Morgan fingerprint density at radius 1 is 0.938 bits per heavy atom. The van der Waals surface area contributed by atoms with E-state index in [1.807, 2.05) is 54.9 Å². The van der Waals surface area contributed by atoms with Crippen LogP contribution in [0.3, 0.4) is 0 Å². The molecule has 1 aliphatic heterocycles. The van der Waals surface area contributed by atoms with Gasteiger partial charge < -0.3 is 5.73 Å². The van der Waals surface area contributed by atoms with Crippen molar-refractivity contribution in [1.29, 1.82) is 0 Å². The van der Waals surface area contributed by atoms with Crippen LogP contribution < -0.4 is 5.73 Å². The zero-order valence-corrected chi connectivity index (χ0v) is 18.8. The Bertz CT molecular complexity index is 1260. The number of rotatable bonds is 4. The van der Waals surface area contributed by atoms with Crippen LogP contribution in [0.15, 0.2) is 67.0 Å². The molecule has 5 nitrogen and oxygen atoms in total. The lowest BCUT2D eigenvalue weighted by Gasteiger charge is -2.28. The summed E-state index contributed by atoms with van der Waals surface area (Å²) >= 11 is 12.5. The molecule has 160 valence electrons. The molecule has 0 unspecified atom stereocenters. The number of benzene rings is 2. The van der Waals surface area contributed by atoms with E-state index in [0.717, 1.165) is 65.6 Å². The minimum atomic E-state index is 0.528. The number of nitrogen functional groups attached to an aromatic ring is 1. The maximum Gasteiger partial charge on any atom is 0.159 e. The Morgan fingerprint density at radius 3 is 2.56 bits per heavy atom. The van der Waals surface area contributed by atoms with E-state index >= 15 is 0 Å². The van der Waals surface area contributed by atoms with Gasteiger partial charge in [-0.15, -0.1) is 0 Å². The Balaban J connectivity index is 1.28. The molecule has 2 aromatic heterocycles. The molecule has 0 saturated heterocycles. The van der Waals surface area contributed by atoms with Gasteiger partial charge in [-0.2, -0.15) is 0 Å². The van der Waals surface area contributed by atoms with E-state index in [1.54, 1.807) is 6.07 Å². The fourth-order valence-electron chi connectivity index (χ4n) is 3.92. The molecule has 2 aromatic carbocycles. The summed E-state index contributed by atoms with van der Waals surface area (Å²) < 4.78 is 0. The van der Waals surface area contributed by atoms with E-state index in [0.29, 0.717) is 10.0 Å². The van der Waals surface area contributed by atoms with Crippen molar-refractivity contribution >= 4 is 28.9 Å². The third-order valence-electron chi connectivity index (χ3n) is 5.64. The fourth-order valence-corrected chi connectivity index (χ4v) is 4.32. The van der Waals surface area contributed by atoms with E-state index in [1.165, 1.54) is 5.56 Å². The van der Waals surface area contributed by atoms with Crippen molar-refractivity contribution in [2.45, 2.75) is 19.5 Å². The maximum atomic E-state index is 6.33. The third kappa shape index (κ3) is 4.32. The number of hydrogen-bond acceptors (Lipinski definition) is 5. The number of anilines is 1. The summed E-state index contributed by atoms with van der Waals surface area (Å²) in [6.45, 7) is 2.57. The molecule has 2 N–H and O–H groups in total. The first-order valence-electron chi connectivity index (χ1n) is 10.4. The largest absolute Gasteiger partial charge is 0.399 e. The van der Waals surface area contributed by atoms with Gasteiger partial charge in [-0.05, 0) is 42.0 Å². The average Bonchev–Trinajstić information content (AvgIpc) is 2.82. The van der Waals surface area contributed by atoms with Gasteiger partial charge in [0.2, 0.25) is 0 Å². The van der Waals surface area contributed by atoms with Gasteiger partial charge >= 0.3 is 0 Å². The summed E-state index contributed by atoms with van der Waals surface area (Å²) in [5.41, 5.74) is 12.6. The highest BCUT2D eigenvalue weighted by molar-refractivity contribution is 6.43. The molecule has 4 aromatic rings. The van der Waals surface area contributed by atoms with Gasteiger partial charge in [0.25, 0.3) is 0 Å². The second-order valence-corrected chi connectivity index (χ2v) is 8.69. The van der Waals surface area contributed by atoms with Crippen molar-refractivity contribution in [1.82, 2.24) is 19.9 Å². The molecule has 0 bridgehead atoms. The summed E-state index contributed by atoms with van der Waals surface area (Å²) in [6.07, 6.45) is 4.74. The van der Waals surface area contributed by atoms with Gasteiger partial charge in [0.15, 0.2) is 5.82 Å². The van der Waals surface area contributed by atoms with Crippen LogP contribution in [-0.4, -0.2) is 26.4 Å². The first-order chi connectivity index (χ1) is 15.6. The van der Waals surface area contributed by atoms with Crippen molar-refractivity contribution in [2.24, 2.45) is 0 Å². The quantitative estimate of drug-likeness (QED) is 0.397. The van der Waals surface area contributed by atoms with Crippen molar-refractivity contribution in [3.63, 3.8) is 0 Å². The van der Waals surface area contributed by atoms with E-state index in [4.69, 9.17) is 33.9 Å². The lowest BCUT2D eigenvalue weighted by atomic mass is 10.1. The Labute approximate surface area is 196 Å². The molecule has 0 spiro atoms. The standard InChI is InChI=1S/C25H21Cl2N5/c26-21-3-1-2-20(24(21)27)23-9-4-16(12-29-23)14-32-11-10-22-18(15-32)13-30-25(31-22)17-5-7-19(28)8-6-17/h1-9,12-13H,10-11,14-15,28H2. The molecule has 7 heteroatoms. The topological polar surface area (TPSA) is 67.9 Å². The fraction of sp³-hybridized carbons (Fsp3) is 0.160. The molecule has 5 rings (SSSR count). The van der Waals surface area contributed by atoms with Crippen LogP contribution in [0, 0.1) is 0 Å². The Kier molecular flexibility index (Phi) is 5.79. The van der Waals surface area contributed by atoms with Crippen molar-refractivity contribution < 1.29 is 0 Å². The number of nitrogens with two attached hydrogens (primary N) is 1. The summed E-state index contributed by atoms with van der Waals surface area (Å²) in [5, 5.41) is 1.06. The number of hydrogen-bond donors (Lipinski definition) is 1. The summed E-state index contributed by atoms with van der Waals surface area (Å²) in [6, 6.07) is 17.3. The number of pyridine rings is 1. The van der Waals surface area contributed by atoms with E-state index < -0.39 is 0 Å². The molecule has 0 fully saturated rings. The van der Waals surface area contributed by atoms with Gasteiger partial charge in [0.05, 0.1) is 21.4 Å². The third-order valence-corrected chi connectivity index (χ3v) is 6.46. The van der Waals surface area contributed by atoms with E-state index in [-0.39, 0.29) is 0 Å². The van der Waals surface area contributed by atoms with Gasteiger partial charge in [-0.3, -0.25) is 9.88 Å². The van der Waals surface area contributed by atoms with Crippen LogP contribution in [0.1, 0.15) is 16.8 Å². The molecule has 0 radical (unpaired) electrons. The zero-order chi connectivity index (χ0) is 22.1. The van der Waals surface area contributed by atoms with Gasteiger partial charge in [-0.1, -0.05) is 41.4 Å². The van der Waals surface area contributed by atoms with Crippen LogP contribution in [0.2, 0.25) is 10.0 Å². The highest BCUT2D eigenvalue weighted by atomic mass is 35.5. The number of fused-ring (bicyclic) bond motifs is 1. The second-order valence-electron chi connectivity index (χ2n) is 7.90. The first-order valence-corrected chi connectivity index (χ1v) is 11.1. The molecule has 0 amide bonds. The smallest absolute Gasteiger partial charge is 0.159 e. The number of halogens is 2. The monoisotopic (exact) mass is 461 g/mol. The normalized spacial score (nSPS) is 13.7. The lowest BCUT2D eigenvalue weighted by molar-refractivity contribution is 0.242. The molecule has 32 heavy (non-hydrogen) atoms. The molecular weight excluding hydrogens is 441 g/mol. The van der Waals surface area contributed by atoms with E-state index in [9.17, 15) is 0 Å². The summed E-state index contributed by atoms with van der Waals surface area (Å²) in [7, 11) is 0. The van der Waals surface area contributed by atoms with Crippen molar-refractivity contribution in [3.8, 4) is 22.6 Å². The van der Waals surface area contributed by atoms with Crippen LogP contribution >= 0.6 is 23.2 Å². The van der Waals surface area contributed by atoms with Gasteiger partial charge in [-0.25, -0.2) is 9.97 Å². The van der Waals surface area contributed by atoms with E-state index in [2.05, 4.69) is 20.9 Å².